The topological polar surface area (TPSA) is 34.1 Å². The van der Waals surface area contributed by atoms with E-state index < -0.39 is 0 Å². The highest BCUT2D eigenvalue weighted by Crippen LogP contribution is 2.28. The molecule has 34 heavy (non-hydrogen) atoms. The Balaban J connectivity index is 0.000000641. The Labute approximate surface area is 214 Å². The quantitative estimate of drug-likeness (QED) is 0.129. The Morgan fingerprint density at radius 1 is 0.559 bits per heavy atom. The molecule has 1 rings (SSSR count). The van der Waals surface area contributed by atoms with Crippen LogP contribution in [0.5, 0.6) is 0 Å². The van der Waals surface area contributed by atoms with Crippen LogP contribution in [-0.4, -0.2) is 11.6 Å². The molecule has 0 aromatic carbocycles. The zero-order chi connectivity index (χ0) is 25.1. The van der Waals surface area contributed by atoms with E-state index >= 15 is 0 Å². The number of carbonyl (C=O) groups is 2. The molecule has 1 aliphatic rings. The predicted octanol–water partition coefficient (Wildman–Crippen LogP) is 10.9. The minimum absolute atomic E-state index is 0.345. The van der Waals surface area contributed by atoms with Gasteiger partial charge in [-0.1, -0.05) is 149 Å². The molecular formula is C32H62O2. The van der Waals surface area contributed by atoms with Crippen LogP contribution in [0.3, 0.4) is 0 Å². The van der Waals surface area contributed by atoms with E-state index in [4.69, 9.17) is 0 Å². The number of hydrogen-bond donors (Lipinski definition) is 0. The number of rotatable bonds is 24. The third kappa shape index (κ3) is 26.0. The van der Waals surface area contributed by atoms with E-state index in [0.717, 1.165) is 31.6 Å². The molecule has 0 aromatic rings. The van der Waals surface area contributed by atoms with E-state index in [-0.39, 0.29) is 0 Å². The van der Waals surface area contributed by atoms with Crippen LogP contribution in [-0.2, 0) is 9.59 Å². The zero-order valence-electron chi connectivity index (χ0n) is 23.8. The van der Waals surface area contributed by atoms with Crippen LogP contribution < -0.4 is 0 Å². The highest BCUT2D eigenvalue weighted by Gasteiger charge is 2.25. The first-order valence-corrected chi connectivity index (χ1v) is 15.6. The summed E-state index contributed by atoms with van der Waals surface area (Å²) in [6.45, 7) is 6.24. The third-order valence-corrected chi connectivity index (χ3v) is 7.38. The summed E-state index contributed by atoms with van der Waals surface area (Å²) >= 11 is 0. The fraction of sp³-hybridized carbons (Fsp3) is 0.938. The van der Waals surface area contributed by atoms with Gasteiger partial charge in [0.05, 0.1) is 0 Å². The second-order valence-electron chi connectivity index (χ2n) is 11.1. The Morgan fingerprint density at radius 2 is 0.882 bits per heavy atom. The van der Waals surface area contributed by atoms with E-state index in [1.54, 1.807) is 6.92 Å². The van der Waals surface area contributed by atoms with Crippen molar-refractivity contribution in [2.75, 3.05) is 0 Å². The molecule has 0 bridgehead atoms. The van der Waals surface area contributed by atoms with E-state index in [0.29, 0.717) is 11.6 Å². The fourth-order valence-corrected chi connectivity index (χ4v) is 4.92. The molecular weight excluding hydrogens is 416 g/mol. The molecule has 2 heteroatoms. The lowest BCUT2D eigenvalue weighted by atomic mass is 9.80. The van der Waals surface area contributed by atoms with Crippen LogP contribution in [0.15, 0.2) is 0 Å². The summed E-state index contributed by atoms with van der Waals surface area (Å²) in [6, 6.07) is 0. The van der Waals surface area contributed by atoms with Crippen LogP contribution in [0, 0.1) is 5.92 Å². The SMILES string of the molecule is CCCCCCCCCCCCC1CC(=O)C1.CCCCCCCCCCCCCCC(C)=O. The lowest BCUT2D eigenvalue weighted by Crippen LogP contribution is -2.22. The van der Waals surface area contributed by atoms with Gasteiger partial charge in [0, 0.05) is 19.3 Å². The van der Waals surface area contributed by atoms with Crippen molar-refractivity contribution < 1.29 is 9.59 Å². The summed E-state index contributed by atoms with van der Waals surface area (Å²) in [5.41, 5.74) is 0. The number of Topliss-reactive ketones (excluding diaryl/α,β-unsaturated/α-hetero) is 2. The van der Waals surface area contributed by atoms with E-state index in [1.165, 1.54) is 141 Å². The van der Waals surface area contributed by atoms with Gasteiger partial charge in [0.15, 0.2) is 0 Å². The summed E-state index contributed by atoms with van der Waals surface area (Å²) < 4.78 is 0. The Kier molecular flexibility index (Phi) is 26.4. The number of carbonyl (C=O) groups excluding carboxylic acids is 2. The zero-order valence-corrected chi connectivity index (χ0v) is 23.8. The lowest BCUT2D eigenvalue weighted by Gasteiger charge is -2.23. The molecule has 0 radical (unpaired) electrons. The molecule has 0 amide bonds. The summed E-state index contributed by atoms with van der Waals surface area (Å²) in [5, 5.41) is 0. The van der Waals surface area contributed by atoms with Crippen molar-refractivity contribution >= 4 is 11.6 Å². The van der Waals surface area contributed by atoms with Gasteiger partial charge in [-0.15, -0.1) is 0 Å². The monoisotopic (exact) mass is 478 g/mol. The van der Waals surface area contributed by atoms with Crippen LogP contribution in [0.25, 0.3) is 0 Å². The van der Waals surface area contributed by atoms with Crippen molar-refractivity contribution in [3.63, 3.8) is 0 Å². The average molecular weight is 479 g/mol. The molecule has 0 spiro atoms. The van der Waals surface area contributed by atoms with Crippen molar-refractivity contribution in [3.8, 4) is 0 Å². The van der Waals surface area contributed by atoms with Crippen molar-refractivity contribution in [2.24, 2.45) is 5.92 Å². The van der Waals surface area contributed by atoms with Gasteiger partial charge in [-0.3, -0.25) is 4.79 Å². The fourth-order valence-electron chi connectivity index (χ4n) is 4.92. The summed E-state index contributed by atoms with van der Waals surface area (Å²) in [6.07, 6.45) is 34.3. The Bertz CT molecular complexity index is 427. The van der Waals surface area contributed by atoms with Crippen molar-refractivity contribution in [1.29, 1.82) is 0 Å². The summed E-state index contributed by atoms with van der Waals surface area (Å²) in [7, 11) is 0. The van der Waals surface area contributed by atoms with Crippen LogP contribution in [0.1, 0.15) is 188 Å². The molecule has 202 valence electrons. The highest BCUT2D eigenvalue weighted by molar-refractivity contribution is 5.84. The van der Waals surface area contributed by atoms with Crippen molar-refractivity contribution in [1.82, 2.24) is 0 Å². The molecule has 0 unspecified atom stereocenters. The molecule has 0 aliphatic heterocycles. The number of unbranched alkanes of at least 4 members (excludes halogenated alkanes) is 20. The smallest absolute Gasteiger partial charge is 0.133 e. The Morgan fingerprint density at radius 3 is 1.21 bits per heavy atom. The molecule has 0 N–H and O–H groups in total. The maximum absolute atomic E-state index is 10.8. The molecule has 2 nitrogen and oxygen atoms in total. The summed E-state index contributed by atoms with van der Waals surface area (Å²) in [5.74, 6) is 1.59. The minimum atomic E-state index is 0.345. The van der Waals surface area contributed by atoms with Gasteiger partial charge in [0.25, 0.3) is 0 Å². The predicted molar refractivity (Wildman–Crippen MR) is 151 cm³/mol. The van der Waals surface area contributed by atoms with Gasteiger partial charge in [-0.2, -0.15) is 0 Å². The van der Waals surface area contributed by atoms with Gasteiger partial charge in [-0.05, 0) is 25.7 Å². The standard InChI is InChI=1S/C16H30O.C16H32O/c1-2-3-4-5-6-7-8-9-10-11-12-15-13-16(17)14-15;1-3-4-5-6-7-8-9-10-11-12-13-14-15-16(2)17/h15H,2-14H2,1H3;3-15H2,1-2H3. The van der Waals surface area contributed by atoms with Gasteiger partial charge in [-0.25, -0.2) is 0 Å². The molecule has 0 heterocycles. The second kappa shape index (κ2) is 26.9. The second-order valence-corrected chi connectivity index (χ2v) is 11.1. The van der Waals surface area contributed by atoms with Crippen molar-refractivity contribution in [3.05, 3.63) is 0 Å². The lowest BCUT2D eigenvalue weighted by molar-refractivity contribution is -0.127. The largest absolute Gasteiger partial charge is 0.300 e. The van der Waals surface area contributed by atoms with E-state index in [9.17, 15) is 9.59 Å². The number of hydrogen-bond acceptors (Lipinski definition) is 2. The maximum atomic E-state index is 10.8. The first kappa shape index (κ1) is 33.3. The maximum Gasteiger partial charge on any atom is 0.133 e. The van der Waals surface area contributed by atoms with Gasteiger partial charge < -0.3 is 4.79 Å². The van der Waals surface area contributed by atoms with E-state index in [2.05, 4.69) is 13.8 Å². The molecule has 1 aliphatic carbocycles. The first-order valence-electron chi connectivity index (χ1n) is 15.6. The molecule has 1 saturated carbocycles. The minimum Gasteiger partial charge on any atom is -0.300 e. The molecule has 1 fully saturated rings. The molecule has 0 atom stereocenters. The third-order valence-electron chi connectivity index (χ3n) is 7.38. The summed E-state index contributed by atoms with van der Waals surface area (Å²) in [4.78, 5) is 21.5. The average Bonchev–Trinajstić information content (AvgIpc) is 2.80. The van der Waals surface area contributed by atoms with Crippen molar-refractivity contribution in [2.45, 2.75) is 188 Å². The molecule has 0 aromatic heterocycles. The Hall–Kier alpha value is -0.660. The highest BCUT2D eigenvalue weighted by atomic mass is 16.1. The van der Waals surface area contributed by atoms with Crippen LogP contribution in [0.2, 0.25) is 0 Å². The van der Waals surface area contributed by atoms with Gasteiger partial charge >= 0.3 is 0 Å². The number of ketones is 2. The van der Waals surface area contributed by atoms with Crippen LogP contribution >= 0.6 is 0 Å². The van der Waals surface area contributed by atoms with E-state index in [1.807, 2.05) is 0 Å². The van der Waals surface area contributed by atoms with Gasteiger partial charge in [0.2, 0.25) is 0 Å². The normalized spacial score (nSPS) is 13.4. The molecule has 0 saturated heterocycles. The van der Waals surface area contributed by atoms with Gasteiger partial charge in [0.1, 0.15) is 11.6 Å². The first-order chi connectivity index (χ1) is 16.6. The van der Waals surface area contributed by atoms with Crippen LogP contribution in [0.4, 0.5) is 0 Å².